The fraction of sp³-hybridized carbons (Fsp3) is 0.333. The van der Waals surface area contributed by atoms with Crippen molar-refractivity contribution in [1.29, 1.82) is 0 Å². The second kappa shape index (κ2) is 8.11. The Balaban J connectivity index is 1.94. The molecular weight excluding hydrogens is 465 g/mol. The van der Waals surface area contributed by atoms with E-state index in [9.17, 15) is 26.4 Å². The maximum absolute atomic E-state index is 13.0. The Kier molecular flexibility index (Phi) is 5.74. The Morgan fingerprint density at radius 2 is 1.91 bits per heavy atom. The normalized spacial score (nSPS) is 16.7. The molecule has 0 fully saturated rings. The van der Waals surface area contributed by atoms with Gasteiger partial charge in [0, 0.05) is 35.7 Å². The molecule has 4 rings (SSSR count). The van der Waals surface area contributed by atoms with Crippen LogP contribution < -0.4 is 0 Å². The highest BCUT2D eigenvalue weighted by Gasteiger charge is 2.34. The molecule has 1 unspecified atom stereocenters. The number of hydrogen-bond acceptors (Lipinski definition) is 6. The molecule has 0 aliphatic carbocycles. The van der Waals surface area contributed by atoms with Gasteiger partial charge >= 0.3 is 12.1 Å². The van der Waals surface area contributed by atoms with Crippen LogP contribution in [0.25, 0.3) is 11.0 Å². The molecule has 6 nitrogen and oxygen atoms in total. The van der Waals surface area contributed by atoms with Gasteiger partial charge in [-0.15, -0.1) is 0 Å². The molecule has 0 radical (unpaired) electrons. The summed E-state index contributed by atoms with van der Waals surface area (Å²) in [6.45, 7) is 1.85. The number of halogens is 3. The topological polar surface area (TPSA) is 78.3 Å². The van der Waals surface area contributed by atoms with Gasteiger partial charge in [-0.25, -0.2) is 13.4 Å². The van der Waals surface area contributed by atoms with Crippen molar-refractivity contribution in [2.45, 2.75) is 53.3 Å². The van der Waals surface area contributed by atoms with Gasteiger partial charge in [0.05, 0.1) is 21.5 Å². The third-order valence-corrected chi connectivity index (χ3v) is 7.43. The van der Waals surface area contributed by atoms with Crippen LogP contribution in [0.2, 0.25) is 0 Å². The summed E-state index contributed by atoms with van der Waals surface area (Å²) in [6.07, 6.45) is -1.32. The first-order chi connectivity index (χ1) is 15.0. The molecule has 0 N–H and O–H groups in total. The predicted octanol–water partition coefficient (Wildman–Crippen LogP) is 5.01. The number of sulfone groups is 1. The number of hydrogen-bond donors (Lipinski definition) is 0. The maximum atomic E-state index is 13.0. The van der Waals surface area contributed by atoms with E-state index in [2.05, 4.69) is 4.98 Å². The van der Waals surface area contributed by atoms with Crippen LogP contribution in [0.5, 0.6) is 0 Å². The summed E-state index contributed by atoms with van der Waals surface area (Å²) >= 11 is 1.13. The van der Waals surface area contributed by atoms with Crippen LogP contribution in [-0.4, -0.2) is 30.2 Å². The van der Waals surface area contributed by atoms with Gasteiger partial charge in [0.1, 0.15) is 11.8 Å². The molecule has 0 saturated carbocycles. The van der Waals surface area contributed by atoms with Crippen molar-refractivity contribution in [3.8, 4) is 0 Å². The van der Waals surface area contributed by atoms with Gasteiger partial charge in [0.15, 0.2) is 9.84 Å². The van der Waals surface area contributed by atoms with Crippen molar-refractivity contribution in [1.82, 2.24) is 9.55 Å². The number of fused-ring (bicyclic) bond motifs is 3. The zero-order valence-electron chi connectivity index (χ0n) is 17.1. The Bertz CT molecular complexity index is 1300. The smallest absolute Gasteiger partial charge is 0.416 e. The molecule has 0 spiro atoms. The highest BCUT2D eigenvalue weighted by molar-refractivity contribution is 7.99. The van der Waals surface area contributed by atoms with E-state index >= 15 is 0 Å². The number of rotatable bonds is 4. The minimum atomic E-state index is -4.46. The molecular formula is C21H19F3N2O4S2. The quantitative estimate of drug-likeness (QED) is 0.485. The Morgan fingerprint density at radius 1 is 1.22 bits per heavy atom. The third kappa shape index (κ3) is 4.23. The fourth-order valence-electron chi connectivity index (χ4n) is 3.89. The number of pyridine rings is 1. The minimum absolute atomic E-state index is 0.0698. The lowest BCUT2D eigenvalue weighted by Crippen LogP contribution is -2.19. The van der Waals surface area contributed by atoms with E-state index in [-0.39, 0.29) is 4.90 Å². The highest BCUT2D eigenvalue weighted by Crippen LogP contribution is 2.46. The number of esters is 1. The number of aromatic nitrogens is 2. The van der Waals surface area contributed by atoms with Crippen LogP contribution in [0.4, 0.5) is 13.2 Å². The summed E-state index contributed by atoms with van der Waals surface area (Å²) in [6, 6.07) is 6.03. The molecule has 1 aliphatic heterocycles. The van der Waals surface area contributed by atoms with Crippen LogP contribution in [0, 0.1) is 0 Å². The van der Waals surface area contributed by atoms with Crippen LogP contribution in [0.3, 0.4) is 0 Å². The van der Waals surface area contributed by atoms with Gasteiger partial charge in [0.2, 0.25) is 0 Å². The third-order valence-electron chi connectivity index (χ3n) is 5.16. The largest absolute Gasteiger partial charge is 0.456 e. The van der Waals surface area contributed by atoms with Gasteiger partial charge in [-0.2, -0.15) is 13.2 Å². The first-order valence-electron chi connectivity index (χ1n) is 9.70. The maximum Gasteiger partial charge on any atom is 0.416 e. The Morgan fingerprint density at radius 3 is 2.50 bits per heavy atom. The van der Waals surface area contributed by atoms with Crippen LogP contribution in [-0.2, 0) is 32.1 Å². The van der Waals surface area contributed by atoms with Crippen molar-refractivity contribution in [3.05, 3.63) is 47.8 Å². The van der Waals surface area contributed by atoms with E-state index in [1.54, 1.807) is 0 Å². The van der Waals surface area contributed by atoms with Crippen LogP contribution >= 0.6 is 11.8 Å². The lowest BCUT2D eigenvalue weighted by atomic mass is 10.1. The van der Waals surface area contributed by atoms with Crippen LogP contribution in [0.1, 0.15) is 37.1 Å². The molecule has 0 amide bonds. The average molecular weight is 485 g/mol. The van der Waals surface area contributed by atoms with Gasteiger partial charge < -0.3 is 9.30 Å². The number of ether oxygens (including phenoxy) is 1. The first kappa shape index (κ1) is 22.7. The van der Waals surface area contributed by atoms with E-state index in [1.165, 1.54) is 31.3 Å². The van der Waals surface area contributed by atoms with Crippen molar-refractivity contribution in [2.24, 2.45) is 0 Å². The Hall–Kier alpha value is -2.53. The Labute approximate surface area is 186 Å². The first-order valence-corrected chi connectivity index (χ1v) is 12.4. The number of nitrogens with zero attached hydrogens (tertiary/aromatic N) is 2. The standard InChI is InChI=1S/C21H19F3N2O4S2/c1-12(27)30-15-4-3-11-26-18(15)19(17-16(32(2,28)29)9-10-25-20(17)26)31-14-7-5-13(6-8-14)21(22,23)24/h5-10,15H,3-4,11H2,1-2H3. The van der Waals surface area contributed by atoms with E-state index in [1.807, 2.05) is 4.57 Å². The fourth-order valence-corrected chi connectivity index (χ4v) is 5.99. The summed E-state index contributed by atoms with van der Waals surface area (Å²) in [5.41, 5.74) is 0.269. The van der Waals surface area contributed by atoms with Crippen molar-refractivity contribution in [3.63, 3.8) is 0 Å². The monoisotopic (exact) mass is 484 g/mol. The van der Waals surface area contributed by atoms with E-state index in [0.29, 0.717) is 45.9 Å². The number of aryl methyl sites for hydroxylation is 1. The molecule has 3 heterocycles. The molecule has 0 saturated heterocycles. The predicted molar refractivity (Wildman–Crippen MR) is 112 cm³/mol. The summed E-state index contributed by atoms with van der Waals surface area (Å²) in [4.78, 5) is 17.2. The molecule has 1 atom stereocenters. The molecule has 3 aromatic rings. The molecule has 1 aliphatic rings. The van der Waals surface area contributed by atoms with Crippen LogP contribution in [0.15, 0.2) is 51.2 Å². The second-order valence-electron chi connectivity index (χ2n) is 7.51. The number of carbonyl (C=O) groups excluding carboxylic acids is 1. The average Bonchev–Trinajstić information content (AvgIpc) is 3.01. The molecule has 0 bridgehead atoms. The van der Waals surface area contributed by atoms with Gasteiger partial charge in [-0.3, -0.25) is 4.79 Å². The molecule has 2 aromatic heterocycles. The molecule has 32 heavy (non-hydrogen) atoms. The highest BCUT2D eigenvalue weighted by atomic mass is 32.2. The van der Waals surface area contributed by atoms with Crippen molar-refractivity contribution >= 4 is 38.6 Å². The lowest BCUT2D eigenvalue weighted by Gasteiger charge is -2.25. The summed E-state index contributed by atoms with van der Waals surface area (Å²) < 4.78 is 71.3. The van der Waals surface area contributed by atoms with Crippen molar-refractivity contribution < 1.29 is 31.1 Å². The van der Waals surface area contributed by atoms with Gasteiger partial charge in [0.25, 0.3) is 0 Å². The van der Waals surface area contributed by atoms with Gasteiger partial charge in [-0.05, 0) is 43.2 Å². The summed E-state index contributed by atoms with van der Waals surface area (Å²) in [5, 5.41) is 0.383. The summed E-state index contributed by atoms with van der Waals surface area (Å²) in [7, 11) is -3.63. The number of alkyl halides is 3. The zero-order chi connectivity index (χ0) is 23.3. The summed E-state index contributed by atoms with van der Waals surface area (Å²) in [5.74, 6) is -0.476. The molecule has 170 valence electrons. The van der Waals surface area contributed by atoms with E-state index < -0.39 is 33.7 Å². The van der Waals surface area contributed by atoms with Crippen molar-refractivity contribution in [2.75, 3.05) is 6.26 Å². The number of carbonyl (C=O) groups is 1. The minimum Gasteiger partial charge on any atom is -0.456 e. The number of benzene rings is 1. The molecule has 1 aromatic carbocycles. The van der Waals surface area contributed by atoms with E-state index in [0.717, 1.165) is 30.2 Å². The van der Waals surface area contributed by atoms with Gasteiger partial charge in [-0.1, -0.05) is 11.8 Å². The SMILES string of the molecule is CC(=O)OC1CCCn2c1c(Sc1ccc(C(F)(F)F)cc1)c1c(S(C)(=O)=O)ccnc12. The molecule has 11 heteroatoms. The zero-order valence-corrected chi connectivity index (χ0v) is 18.8. The van der Waals surface area contributed by atoms with E-state index in [4.69, 9.17) is 4.74 Å². The second-order valence-corrected chi connectivity index (χ2v) is 10.6. The lowest BCUT2D eigenvalue weighted by molar-refractivity contribution is -0.148.